The van der Waals surface area contributed by atoms with E-state index in [0.717, 1.165) is 37.9 Å². The number of hydrogen-bond acceptors (Lipinski definition) is 4. The zero-order valence-electron chi connectivity index (χ0n) is 16.3. The van der Waals surface area contributed by atoms with Crippen molar-refractivity contribution in [3.8, 4) is 11.5 Å². The summed E-state index contributed by atoms with van der Waals surface area (Å²) in [5.74, 6) is 0.575. The SMILES string of the molecule is COc1cccc(CN2CCCC3(CCN(C(=O)CC(F)(F)F)C3)C2)c1OC. The molecule has 2 saturated heterocycles. The Balaban J connectivity index is 1.66. The molecular weight excluding hydrogens is 373 g/mol. The number of benzene rings is 1. The van der Waals surface area contributed by atoms with Gasteiger partial charge >= 0.3 is 6.18 Å². The normalized spacial score (nSPS) is 23.2. The van der Waals surface area contributed by atoms with E-state index >= 15 is 0 Å². The number of rotatable bonds is 5. The Morgan fingerprint density at radius 1 is 1.14 bits per heavy atom. The number of ether oxygens (including phenoxy) is 2. The number of carbonyl (C=O) groups is 1. The highest BCUT2D eigenvalue weighted by atomic mass is 19.4. The van der Waals surface area contributed by atoms with Crippen LogP contribution in [0, 0.1) is 5.41 Å². The van der Waals surface area contributed by atoms with Crippen molar-refractivity contribution in [2.75, 3.05) is 40.4 Å². The molecule has 3 rings (SSSR count). The van der Waals surface area contributed by atoms with E-state index in [1.807, 2.05) is 18.2 Å². The van der Waals surface area contributed by atoms with Crippen LogP contribution in [-0.4, -0.2) is 62.3 Å². The Labute approximate surface area is 163 Å². The summed E-state index contributed by atoms with van der Waals surface area (Å²) in [6.07, 6.45) is -3.16. The maximum atomic E-state index is 12.6. The molecule has 5 nitrogen and oxygen atoms in total. The lowest BCUT2D eigenvalue weighted by atomic mass is 9.79. The van der Waals surface area contributed by atoms with Gasteiger partial charge in [-0.15, -0.1) is 0 Å². The van der Waals surface area contributed by atoms with Crippen LogP contribution in [0.25, 0.3) is 0 Å². The molecule has 0 bridgehead atoms. The molecule has 0 N–H and O–H groups in total. The number of halogens is 3. The first kappa shape index (κ1) is 20.8. The first-order chi connectivity index (χ1) is 13.3. The number of carbonyl (C=O) groups excluding carboxylic acids is 1. The molecule has 8 heteroatoms. The highest BCUT2D eigenvalue weighted by Crippen LogP contribution is 2.41. The van der Waals surface area contributed by atoms with Crippen molar-refractivity contribution in [2.45, 2.75) is 38.4 Å². The third-order valence-corrected chi connectivity index (χ3v) is 5.76. The van der Waals surface area contributed by atoms with Gasteiger partial charge in [0, 0.05) is 37.2 Å². The average molecular weight is 400 g/mol. The van der Waals surface area contributed by atoms with E-state index in [1.165, 1.54) is 4.90 Å². The van der Waals surface area contributed by atoms with Crippen LogP contribution in [0.1, 0.15) is 31.2 Å². The molecule has 0 aliphatic carbocycles. The van der Waals surface area contributed by atoms with Crippen LogP contribution in [0.5, 0.6) is 11.5 Å². The summed E-state index contributed by atoms with van der Waals surface area (Å²) in [5, 5.41) is 0. The first-order valence-electron chi connectivity index (χ1n) is 9.52. The summed E-state index contributed by atoms with van der Waals surface area (Å²) in [6, 6.07) is 5.76. The lowest BCUT2D eigenvalue weighted by Crippen LogP contribution is -2.45. The fourth-order valence-corrected chi connectivity index (χ4v) is 4.53. The fraction of sp³-hybridized carbons (Fsp3) is 0.650. The third-order valence-electron chi connectivity index (χ3n) is 5.76. The summed E-state index contributed by atoms with van der Waals surface area (Å²) >= 11 is 0. The zero-order valence-corrected chi connectivity index (χ0v) is 16.3. The summed E-state index contributed by atoms with van der Waals surface area (Å²) in [6.45, 7) is 3.18. The average Bonchev–Trinajstić information content (AvgIpc) is 3.03. The number of piperidine rings is 1. The van der Waals surface area contributed by atoms with Crippen LogP contribution in [0.3, 0.4) is 0 Å². The standard InChI is InChI=1S/C20H27F3N2O3/c1-27-16-6-3-5-15(18(16)28-2)12-24-9-4-7-19(13-24)8-10-25(14-19)17(26)11-20(21,22)23/h3,5-6H,4,7-14H2,1-2H3. The molecule has 28 heavy (non-hydrogen) atoms. The zero-order chi connectivity index (χ0) is 20.4. The Hall–Kier alpha value is -1.96. The van der Waals surface area contributed by atoms with Gasteiger partial charge in [-0.1, -0.05) is 12.1 Å². The minimum atomic E-state index is -4.45. The van der Waals surface area contributed by atoms with Gasteiger partial charge in [0.2, 0.25) is 5.91 Å². The lowest BCUT2D eigenvalue weighted by Gasteiger charge is -2.40. The van der Waals surface area contributed by atoms with Crippen molar-refractivity contribution in [3.05, 3.63) is 23.8 Å². The van der Waals surface area contributed by atoms with Crippen LogP contribution in [0.4, 0.5) is 13.2 Å². The predicted octanol–water partition coefficient (Wildman–Crippen LogP) is 3.47. The summed E-state index contributed by atoms with van der Waals surface area (Å²) in [4.78, 5) is 15.7. The van der Waals surface area contributed by atoms with E-state index in [-0.39, 0.29) is 5.41 Å². The molecule has 0 aromatic heterocycles. The summed E-state index contributed by atoms with van der Waals surface area (Å²) in [7, 11) is 3.21. The monoisotopic (exact) mass is 400 g/mol. The van der Waals surface area contributed by atoms with E-state index < -0.39 is 18.5 Å². The van der Waals surface area contributed by atoms with Gasteiger partial charge in [-0.3, -0.25) is 9.69 Å². The van der Waals surface area contributed by atoms with Crippen molar-refractivity contribution in [3.63, 3.8) is 0 Å². The number of alkyl halides is 3. The van der Waals surface area contributed by atoms with Crippen molar-refractivity contribution >= 4 is 5.91 Å². The van der Waals surface area contributed by atoms with Gasteiger partial charge in [0.15, 0.2) is 11.5 Å². The molecule has 1 unspecified atom stereocenters. The van der Waals surface area contributed by atoms with Crippen molar-refractivity contribution in [1.82, 2.24) is 9.80 Å². The first-order valence-corrected chi connectivity index (χ1v) is 9.52. The molecule has 2 fully saturated rings. The van der Waals surface area contributed by atoms with Gasteiger partial charge in [-0.25, -0.2) is 0 Å². The van der Waals surface area contributed by atoms with E-state index in [2.05, 4.69) is 4.90 Å². The summed E-state index contributed by atoms with van der Waals surface area (Å²) in [5.41, 5.74) is 0.896. The molecular formula is C20H27F3N2O3. The van der Waals surface area contributed by atoms with Gasteiger partial charge in [-0.2, -0.15) is 13.2 Å². The minimum absolute atomic E-state index is 0.119. The highest BCUT2D eigenvalue weighted by Gasteiger charge is 2.44. The molecule has 156 valence electrons. The van der Waals surface area contributed by atoms with Crippen LogP contribution in [0.2, 0.25) is 0 Å². The number of para-hydroxylation sites is 1. The van der Waals surface area contributed by atoms with Crippen LogP contribution >= 0.6 is 0 Å². The fourth-order valence-electron chi connectivity index (χ4n) is 4.53. The third kappa shape index (κ3) is 4.71. The second-order valence-electron chi connectivity index (χ2n) is 7.82. The van der Waals surface area contributed by atoms with Crippen molar-refractivity contribution < 1.29 is 27.4 Å². The van der Waals surface area contributed by atoms with Gasteiger partial charge in [0.1, 0.15) is 6.42 Å². The largest absolute Gasteiger partial charge is 0.493 e. The number of methoxy groups -OCH3 is 2. The number of amides is 1. The second kappa shape index (κ2) is 8.19. The minimum Gasteiger partial charge on any atom is -0.493 e. The number of likely N-dealkylation sites (tertiary alicyclic amines) is 2. The molecule has 2 aliphatic rings. The van der Waals surface area contributed by atoms with Crippen LogP contribution < -0.4 is 9.47 Å². The Bertz CT molecular complexity index is 710. The molecule has 1 aromatic rings. The number of hydrogen-bond donors (Lipinski definition) is 0. The van der Waals surface area contributed by atoms with Gasteiger partial charge < -0.3 is 14.4 Å². The van der Waals surface area contributed by atoms with Crippen LogP contribution in [0.15, 0.2) is 18.2 Å². The molecule has 1 amide bonds. The second-order valence-corrected chi connectivity index (χ2v) is 7.82. The highest BCUT2D eigenvalue weighted by molar-refractivity contribution is 5.77. The van der Waals surface area contributed by atoms with Crippen molar-refractivity contribution in [1.29, 1.82) is 0 Å². The van der Waals surface area contributed by atoms with Gasteiger partial charge in [-0.05, 0) is 31.9 Å². The van der Waals surface area contributed by atoms with Crippen molar-refractivity contribution in [2.24, 2.45) is 5.41 Å². The Morgan fingerprint density at radius 2 is 1.93 bits per heavy atom. The number of nitrogens with zero attached hydrogens (tertiary/aromatic N) is 2. The topological polar surface area (TPSA) is 42.0 Å². The predicted molar refractivity (Wildman–Crippen MR) is 98.4 cm³/mol. The van der Waals surface area contributed by atoms with E-state index in [0.29, 0.717) is 31.1 Å². The quantitative estimate of drug-likeness (QED) is 0.759. The molecule has 1 atom stereocenters. The maximum Gasteiger partial charge on any atom is 0.397 e. The Morgan fingerprint density at radius 3 is 2.61 bits per heavy atom. The maximum absolute atomic E-state index is 12.6. The van der Waals surface area contributed by atoms with E-state index in [4.69, 9.17) is 9.47 Å². The summed E-state index contributed by atoms with van der Waals surface area (Å²) < 4.78 is 48.5. The molecule has 0 radical (unpaired) electrons. The smallest absolute Gasteiger partial charge is 0.397 e. The van der Waals surface area contributed by atoms with Gasteiger partial charge in [0.05, 0.1) is 14.2 Å². The Kier molecular flexibility index (Phi) is 6.07. The molecule has 1 spiro atoms. The van der Waals surface area contributed by atoms with Crippen LogP contribution in [-0.2, 0) is 11.3 Å². The molecule has 2 heterocycles. The van der Waals surface area contributed by atoms with E-state index in [1.54, 1.807) is 14.2 Å². The lowest BCUT2D eigenvalue weighted by molar-refractivity contribution is -0.161. The van der Waals surface area contributed by atoms with Gasteiger partial charge in [0.25, 0.3) is 0 Å². The van der Waals surface area contributed by atoms with E-state index in [9.17, 15) is 18.0 Å². The molecule has 0 saturated carbocycles. The molecule has 1 aromatic carbocycles. The molecule has 2 aliphatic heterocycles.